The molecule has 186 valence electrons. The van der Waals surface area contributed by atoms with Gasteiger partial charge >= 0.3 is 0 Å². The summed E-state index contributed by atoms with van der Waals surface area (Å²) in [4.78, 5) is 0. The van der Waals surface area contributed by atoms with E-state index in [-0.39, 0.29) is 11.7 Å². The fraction of sp³-hybridized carbons (Fsp3) is 0.733. The minimum Gasteiger partial charge on any atom is -0.490 e. The van der Waals surface area contributed by atoms with Gasteiger partial charge in [-0.3, -0.25) is 0 Å². The summed E-state index contributed by atoms with van der Waals surface area (Å²) >= 11 is 0. The van der Waals surface area contributed by atoms with E-state index < -0.39 is 11.6 Å². The lowest BCUT2D eigenvalue weighted by Gasteiger charge is -2.38. The molecule has 3 rings (SSSR count). The third-order valence-electron chi connectivity index (χ3n) is 8.39. The molecule has 0 atom stereocenters. The molecule has 0 amide bonds. The Bertz CT molecular complexity index is 699. The Kier molecular flexibility index (Phi) is 11.2. The predicted molar refractivity (Wildman–Crippen MR) is 135 cm³/mol. The normalized spacial score (nSPS) is 25.7. The number of ether oxygens (including phenoxy) is 1. The van der Waals surface area contributed by atoms with Crippen LogP contribution in [0.3, 0.4) is 0 Å². The molecule has 2 aliphatic carbocycles. The average molecular weight is 461 g/mol. The van der Waals surface area contributed by atoms with E-state index in [2.05, 4.69) is 13.5 Å². The van der Waals surface area contributed by atoms with Crippen molar-refractivity contribution in [2.75, 3.05) is 6.61 Å². The van der Waals surface area contributed by atoms with Crippen LogP contribution in [0.25, 0.3) is 0 Å². The fourth-order valence-electron chi connectivity index (χ4n) is 6.29. The average Bonchev–Trinajstić information content (AvgIpc) is 2.85. The van der Waals surface area contributed by atoms with Crippen molar-refractivity contribution >= 4 is 0 Å². The van der Waals surface area contributed by atoms with Gasteiger partial charge in [-0.25, -0.2) is 4.39 Å². The zero-order valence-corrected chi connectivity index (χ0v) is 20.9. The van der Waals surface area contributed by atoms with Gasteiger partial charge in [-0.1, -0.05) is 76.9 Å². The maximum absolute atomic E-state index is 14.8. The number of hydrogen-bond donors (Lipinski definition) is 0. The van der Waals surface area contributed by atoms with Crippen LogP contribution >= 0.6 is 0 Å². The lowest BCUT2D eigenvalue weighted by atomic mass is 9.68. The van der Waals surface area contributed by atoms with Crippen molar-refractivity contribution in [3.63, 3.8) is 0 Å². The highest BCUT2D eigenvalue weighted by Crippen LogP contribution is 2.45. The molecule has 3 heteroatoms. The Morgan fingerprint density at radius 2 is 1.48 bits per heavy atom. The first kappa shape index (κ1) is 26.2. The van der Waals surface area contributed by atoms with Gasteiger partial charge in [0, 0.05) is 0 Å². The molecule has 2 saturated carbocycles. The SMILES string of the molecule is C=CCCOc1ccc(C2CCC(C3CCC(CCCCCCCC)CC3)CC2)c(F)c1F. The molecule has 1 nitrogen and oxygen atoms in total. The van der Waals surface area contributed by atoms with E-state index in [1.54, 1.807) is 18.2 Å². The van der Waals surface area contributed by atoms with E-state index in [4.69, 9.17) is 4.74 Å². The molecule has 0 bridgehead atoms. The Hall–Kier alpha value is -1.38. The highest BCUT2D eigenvalue weighted by atomic mass is 19.2. The molecule has 0 unspecified atom stereocenters. The van der Waals surface area contributed by atoms with Gasteiger partial charge in [-0.05, 0) is 80.2 Å². The Morgan fingerprint density at radius 1 is 0.848 bits per heavy atom. The van der Waals surface area contributed by atoms with Gasteiger partial charge in [0.25, 0.3) is 0 Å². The zero-order chi connectivity index (χ0) is 23.5. The van der Waals surface area contributed by atoms with Crippen molar-refractivity contribution in [1.82, 2.24) is 0 Å². The van der Waals surface area contributed by atoms with Crippen LogP contribution in [0.5, 0.6) is 5.75 Å². The summed E-state index contributed by atoms with van der Waals surface area (Å²) < 4.78 is 34.6. The molecule has 0 N–H and O–H groups in total. The van der Waals surface area contributed by atoms with Gasteiger partial charge in [0.15, 0.2) is 11.6 Å². The van der Waals surface area contributed by atoms with Crippen LogP contribution in [0.1, 0.15) is 121 Å². The third-order valence-corrected chi connectivity index (χ3v) is 8.39. The smallest absolute Gasteiger partial charge is 0.200 e. The Labute approximate surface area is 201 Å². The molecule has 0 saturated heterocycles. The van der Waals surface area contributed by atoms with Crippen molar-refractivity contribution in [3.05, 3.63) is 42.0 Å². The van der Waals surface area contributed by atoms with Gasteiger partial charge in [-0.2, -0.15) is 4.39 Å². The molecule has 1 aromatic rings. The third kappa shape index (κ3) is 7.82. The van der Waals surface area contributed by atoms with Gasteiger partial charge in [-0.15, -0.1) is 6.58 Å². The quantitative estimate of drug-likeness (QED) is 0.210. The number of benzene rings is 1. The summed E-state index contributed by atoms with van der Waals surface area (Å²) in [7, 11) is 0. The molecule has 0 heterocycles. The maximum atomic E-state index is 14.8. The molecular formula is C30H46F2O. The van der Waals surface area contributed by atoms with E-state index in [9.17, 15) is 8.78 Å². The van der Waals surface area contributed by atoms with Crippen LogP contribution in [-0.2, 0) is 0 Å². The lowest BCUT2D eigenvalue weighted by molar-refractivity contribution is 0.155. The summed E-state index contributed by atoms with van der Waals surface area (Å²) in [5, 5.41) is 0. The van der Waals surface area contributed by atoms with Crippen molar-refractivity contribution < 1.29 is 13.5 Å². The molecule has 2 fully saturated rings. The highest BCUT2D eigenvalue weighted by Gasteiger charge is 2.32. The van der Waals surface area contributed by atoms with Crippen molar-refractivity contribution in [3.8, 4) is 5.75 Å². The number of rotatable bonds is 13. The van der Waals surface area contributed by atoms with Gasteiger partial charge in [0.1, 0.15) is 0 Å². The molecule has 0 aliphatic heterocycles. The Balaban J connectivity index is 1.39. The predicted octanol–water partition coefficient (Wildman–Crippen LogP) is 9.75. The molecule has 33 heavy (non-hydrogen) atoms. The van der Waals surface area contributed by atoms with Gasteiger partial charge in [0.05, 0.1) is 6.61 Å². The van der Waals surface area contributed by atoms with Crippen molar-refractivity contribution in [2.24, 2.45) is 17.8 Å². The van der Waals surface area contributed by atoms with Gasteiger partial charge in [0.2, 0.25) is 5.82 Å². The molecule has 0 spiro atoms. The van der Waals surface area contributed by atoms with E-state index in [1.165, 1.54) is 70.6 Å². The summed E-state index contributed by atoms with van der Waals surface area (Å²) in [6.45, 7) is 6.23. The van der Waals surface area contributed by atoms with E-state index in [0.717, 1.165) is 43.4 Å². The molecule has 2 aliphatic rings. The summed E-state index contributed by atoms with van der Waals surface area (Å²) in [5.74, 6) is 1.21. The van der Waals surface area contributed by atoms with E-state index in [0.29, 0.717) is 18.6 Å². The van der Waals surface area contributed by atoms with E-state index >= 15 is 0 Å². The minimum absolute atomic E-state index is 0.0181. The second-order valence-electron chi connectivity index (χ2n) is 10.7. The first-order valence-corrected chi connectivity index (χ1v) is 13.9. The molecule has 0 aromatic heterocycles. The first-order valence-electron chi connectivity index (χ1n) is 13.9. The van der Waals surface area contributed by atoms with Crippen LogP contribution in [0.4, 0.5) is 8.78 Å². The van der Waals surface area contributed by atoms with Crippen molar-refractivity contribution in [2.45, 2.75) is 116 Å². The van der Waals surface area contributed by atoms with Crippen LogP contribution in [0, 0.1) is 29.4 Å². The monoisotopic (exact) mass is 460 g/mol. The summed E-state index contributed by atoms with van der Waals surface area (Å²) in [6, 6.07) is 3.36. The first-order chi connectivity index (χ1) is 16.1. The topological polar surface area (TPSA) is 9.23 Å². The Morgan fingerprint density at radius 3 is 2.15 bits per heavy atom. The second kappa shape index (κ2) is 14.1. The number of hydrogen-bond acceptors (Lipinski definition) is 1. The summed E-state index contributed by atoms with van der Waals surface area (Å²) in [5.41, 5.74) is 0.546. The highest BCUT2D eigenvalue weighted by molar-refractivity contribution is 5.33. The van der Waals surface area contributed by atoms with Crippen LogP contribution in [-0.4, -0.2) is 6.61 Å². The summed E-state index contributed by atoms with van der Waals surface area (Å²) in [6.07, 6.45) is 22.0. The number of unbranched alkanes of at least 4 members (excludes halogenated alkanes) is 5. The largest absolute Gasteiger partial charge is 0.490 e. The van der Waals surface area contributed by atoms with E-state index in [1.807, 2.05) is 0 Å². The van der Waals surface area contributed by atoms with Crippen LogP contribution < -0.4 is 4.74 Å². The fourth-order valence-corrected chi connectivity index (χ4v) is 6.29. The number of halogens is 2. The second-order valence-corrected chi connectivity index (χ2v) is 10.7. The molecular weight excluding hydrogens is 414 g/mol. The van der Waals surface area contributed by atoms with Crippen molar-refractivity contribution in [1.29, 1.82) is 0 Å². The zero-order valence-electron chi connectivity index (χ0n) is 20.9. The molecule has 1 aromatic carbocycles. The van der Waals surface area contributed by atoms with Gasteiger partial charge < -0.3 is 4.74 Å². The minimum atomic E-state index is -0.831. The lowest BCUT2D eigenvalue weighted by Crippen LogP contribution is -2.25. The van der Waals surface area contributed by atoms with Crippen LogP contribution in [0.2, 0.25) is 0 Å². The molecule has 0 radical (unpaired) electrons. The van der Waals surface area contributed by atoms with Crippen LogP contribution in [0.15, 0.2) is 24.8 Å². The standard InChI is InChI=1S/C30H46F2O/c1-3-5-7-8-9-10-11-23-12-14-24(15-13-23)25-16-18-26(19-17-25)27-20-21-28(30(32)29(27)31)33-22-6-4-2/h4,20-21,23-26H,2-3,5-19,22H2,1H3. The maximum Gasteiger partial charge on any atom is 0.200 e.